The third-order valence-electron chi connectivity index (χ3n) is 7.65. The van der Waals surface area contributed by atoms with Crippen molar-refractivity contribution in [3.05, 3.63) is 47.8 Å². The molecule has 4 heterocycles. The Balaban J connectivity index is 1.13. The minimum absolute atomic E-state index is 0.302. The number of benzene rings is 1. The van der Waals surface area contributed by atoms with E-state index in [0.717, 1.165) is 55.5 Å². The molecule has 1 spiro atoms. The zero-order valence-electron chi connectivity index (χ0n) is 19.3. The monoisotopic (exact) mass is 488 g/mol. The maximum Gasteiger partial charge on any atom is 0.433 e. The molecule has 10 heteroatoms. The van der Waals surface area contributed by atoms with E-state index in [4.69, 9.17) is 9.47 Å². The zero-order valence-corrected chi connectivity index (χ0v) is 19.3. The van der Waals surface area contributed by atoms with Gasteiger partial charge in [-0.3, -0.25) is 14.7 Å². The quantitative estimate of drug-likeness (QED) is 0.621. The number of halogens is 3. The molecule has 4 aliphatic rings. The van der Waals surface area contributed by atoms with E-state index in [1.165, 1.54) is 30.2 Å². The number of aromatic nitrogens is 1. The number of anilines is 2. The van der Waals surface area contributed by atoms with Crippen molar-refractivity contribution in [2.75, 3.05) is 36.0 Å². The van der Waals surface area contributed by atoms with Gasteiger partial charge in [-0.15, -0.1) is 0 Å². The Morgan fingerprint density at radius 3 is 2.31 bits per heavy atom. The van der Waals surface area contributed by atoms with Gasteiger partial charge < -0.3 is 9.47 Å². The number of carbonyl (C=O) groups is 1. The molecule has 3 aliphatic heterocycles. The first-order valence-corrected chi connectivity index (χ1v) is 12.1. The molecule has 0 bridgehead atoms. The molecule has 0 atom stereocenters. The minimum atomic E-state index is -4.51. The Morgan fingerprint density at radius 2 is 1.69 bits per heavy atom. The van der Waals surface area contributed by atoms with E-state index in [9.17, 15) is 18.0 Å². The highest BCUT2D eigenvalue weighted by Gasteiger charge is 2.43. The van der Waals surface area contributed by atoms with Gasteiger partial charge in [-0.2, -0.15) is 13.2 Å². The highest BCUT2D eigenvalue weighted by molar-refractivity contribution is 6.06. The van der Waals surface area contributed by atoms with Crippen molar-refractivity contribution in [3.63, 3.8) is 0 Å². The smallest absolute Gasteiger partial charge is 0.433 e. The third kappa shape index (κ3) is 4.12. The van der Waals surface area contributed by atoms with E-state index in [-0.39, 0.29) is 6.03 Å². The van der Waals surface area contributed by atoms with Crippen LogP contribution in [0.4, 0.5) is 29.3 Å². The predicted molar refractivity (Wildman–Crippen MR) is 122 cm³/mol. The van der Waals surface area contributed by atoms with Crippen LogP contribution in [0.1, 0.15) is 43.4 Å². The van der Waals surface area contributed by atoms with Crippen molar-refractivity contribution in [2.24, 2.45) is 0 Å². The Labute approximate surface area is 201 Å². The maximum absolute atomic E-state index is 13.0. The third-order valence-corrected chi connectivity index (χ3v) is 7.65. The molecule has 186 valence electrons. The van der Waals surface area contributed by atoms with Crippen molar-refractivity contribution in [3.8, 4) is 5.75 Å². The van der Waals surface area contributed by atoms with Crippen LogP contribution in [0.25, 0.3) is 0 Å². The molecular weight excluding hydrogens is 461 g/mol. The van der Waals surface area contributed by atoms with Crippen LogP contribution in [0.2, 0.25) is 0 Å². The van der Waals surface area contributed by atoms with Crippen LogP contribution in [0, 0.1) is 0 Å². The number of likely N-dealkylation sites (tertiary alicyclic amines) is 1. The molecule has 1 saturated carbocycles. The molecule has 35 heavy (non-hydrogen) atoms. The standard InChI is InChI=1S/C25H27F3N4O3/c26-25(27,28)22-7-5-20(15-29-22)32-13-12-31(23(32)33)19-4-6-21-17(14-19)16-34-24(35-21)8-10-30(11-9-24)18-2-1-3-18/h4-7,14-15,18H,1-3,8-13,16H2. The second-order valence-corrected chi connectivity index (χ2v) is 9.70. The second-order valence-electron chi connectivity index (χ2n) is 9.70. The fraction of sp³-hybridized carbons (Fsp3) is 0.520. The molecule has 6 rings (SSSR count). The van der Waals surface area contributed by atoms with E-state index in [1.54, 1.807) is 4.90 Å². The van der Waals surface area contributed by atoms with E-state index in [0.29, 0.717) is 31.1 Å². The Morgan fingerprint density at radius 1 is 0.971 bits per heavy atom. The molecule has 2 saturated heterocycles. The average Bonchev–Trinajstić information content (AvgIpc) is 3.20. The first kappa shape index (κ1) is 22.6. The number of nitrogens with zero attached hydrogens (tertiary/aromatic N) is 4. The number of rotatable bonds is 3. The lowest BCUT2D eigenvalue weighted by Crippen LogP contribution is -2.54. The molecule has 1 aliphatic carbocycles. The first-order chi connectivity index (χ1) is 16.8. The van der Waals surface area contributed by atoms with Gasteiger partial charge in [0.25, 0.3) is 0 Å². The minimum Gasteiger partial charge on any atom is -0.462 e. The highest BCUT2D eigenvalue weighted by Crippen LogP contribution is 2.41. The number of amides is 2. The molecule has 2 amide bonds. The topological polar surface area (TPSA) is 58.1 Å². The Hall–Kier alpha value is -2.85. The fourth-order valence-electron chi connectivity index (χ4n) is 5.34. The van der Waals surface area contributed by atoms with Crippen LogP contribution in [0.3, 0.4) is 0 Å². The van der Waals surface area contributed by atoms with Crippen molar-refractivity contribution in [1.29, 1.82) is 0 Å². The molecule has 0 unspecified atom stereocenters. The molecule has 2 aromatic rings. The molecule has 1 aromatic heterocycles. The van der Waals surface area contributed by atoms with Crippen LogP contribution in [-0.4, -0.2) is 53.9 Å². The largest absolute Gasteiger partial charge is 0.462 e. The Kier molecular flexibility index (Phi) is 5.41. The lowest BCUT2D eigenvalue weighted by atomic mass is 9.89. The molecule has 0 radical (unpaired) electrons. The van der Waals surface area contributed by atoms with E-state index >= 15 is 0 Å². The average molecular weight is 489 g/mol. The van der Waals surface area contributed by atoms with Gasteiger partial charge in [0.1, 0.15) is 11.4 Å². The first-order valence-electron chi connectivity index (χ1n) is 12.1. The van der Waals surface area contributed by atoms with Crippen LogP contribution in [-0.2, 0) is 17.5 Å². The number of hydrogen-bond donors (Lipinski definition) is 0. The summed E-state index contributed by atoms with van der Waals surface area (Å²) in [7, 11) is 0. The van der Waals surface area contributed by atoms with Gasteiger partial charge >= 0.3 is 12.2 Å². The van der Waals surface area contributed by atoms with Gasteiger partial charge in [0.2, 0.25) is 5.79 Å². The molecule has 0 N–H and O–H groups in total. The van der Waals surface area contributed by atoms with Gasteiger partial charge in [0.05, 0.1) is 18.5 Å². The van der Waals surface area contributed by atoms with Gasteiger partial charge in [-0.25, -0.2) is 9.78 Å². The summed E-state index contributed by atoms with van der Waals surface area (Å²) >= 11 is 0. The van der Waals surface area contributed by atoms with Gasteiger partial charge in [-0.05, 0) is 43.2 Å². The number of pyridine rings is 1. The van der Waals surface area contributed by atoms with Crippen molar-refractivity contribution in [2.45, 2.75) is 56.7 Å². The summed E-state index contributed by atoms with van der Waals surface area (Å²) in [6, 6.07) is 8.24. The van der Waals surface area contributed by atoms with Crippen LogP contribution in [0.5, 0.6) is 5.75 Å². The summed E-state index contributed by atoms with van der Waals surface area (Å²) in [4.78, 5) is 22.1. The fourth-order valence-corrected chi connectivity index (χ4v) is 5.34. The number of fused-ring (bicyclic) bond motifs is 1. The molecule has 7 nitrogen and oxygen atoms in total. The van der Waals surface area contributed by atoms with E-state index in [2.05, 4.69) is 9.88 Å². The Bertz CT molecular complexity index is 1110. The number of piperidine rings is 1. The van der Waals surface area contributed by atoms with Gasteiger partial charge in [-0.1, -0.05) is 6.42 Å². The van der Waals surface area contributed by atoms with Gasteiger partial charge in [0.15, 0.2) is 0 Å². The van der Waals surface area contributed by atoms with Crippen molar-refractivity contribution >= 4 is 17.4 Å². The maximum atomic E-state index is 13.0. The number of ether oxygens (including phenoxy) is 2. The predicted octanol–water partition coefficient (Wildman–Crippen LogP) is 4.80. The summed E-state index contributed by atoms with van der Waals surface area (Å²) in [5, 5.41) is 0. The lowest BCUT2D eigenvalue weighted by Gasteiger charge is -2.47. The van der Waals surface area contributed by atoms with Crippen LogP contribution in [0.15, 0.2) is 36.5 Å². The summed E-state index contributed by atoms with van der Waals surface area (Å²) in [5.74, 6) is 0.206. The van der Waals surface area contributed by atoms with E-state index < -0.39 is 17.7 Å². The number of urea groups is 1. The molecule has 1 aromatic carbocycles. The number of hydrogen-bond acceptors (Lipinski definition) is 5. The van der Waals surface area contributed by atoms with Crippen molar-refractivity contribution in [1.82, 2.24) is 9.88 Å². The molecular formula is C25H27F3N4O3. The SMILES string of the molecule is O=C1N(c2ccc(C(F)(F)F)nc2)CCN1c1ccc2c(c1)COC1(CCN(C3CCC3)CC1)O2. The second kappa shape index (κ2) is 8.37. The number of carbonyl (C=O) groups excluding carboxylic acids is 1. The van der Waals surface area contributed by atoms with Gasteiger partial charge in [0, 0.05) is 56.3 Å². The highest BCUT2D eigenvalue weighted by atomic mass is 19.4. The zero-order chi connectivity index (χ0) is 24.2. The van der Waals surface area contributed by atoms with Crippen LogP contribution < -0.4 is 14.5 Å². The summed E-state index contributed by atoms with van der Waals surface area (Å²) < 4.78 is 51.0. The number of alkyl halides is 3. The summed E-state index contributed by atoms with van der Waals surface area (Å²) in [6.07, 6.45) is 2.17. The van der Waals surface area contributed by atoms with Crippen molar-refractivity contribution < 1.29 is 27.4 Å². The lowest BCUT2D eigenvalue weighted by molar-refractivity contribution is -0.231. The normalized spacial score (nSPS) is 22.8. The molecule has 3 fully saturated rings. The van der Waals surface area contributed by atoms with E-state index in [1.807, 2.05) is 18.2 Å². The summed E-state index contributed by atoms with van der Waals surface area (Å²) in [5.41, 5.74) is 0.951. The van der Waals surface area contributed by atoms with Crippen LogP contribution >= 0.6 is 0 Å². The summed E-state index contributed by atoms with van der Waals surface area (Å²) in [6.45, 7) is 3.16.